The molecule has 13 aromatic carbocycles. The van der Waals surface area contributed by atoms with E-state index < -0.39 is 0 Å². The van der Waals surface area contributed by atoms with Gasteiger partial charge in [0.1, 0.15) is 0 Å². The Labute approximate surface area is 695 Å². The van der Waals surface area contributed by atoms with Crippen molar-refractivity contribution in [3.05, 3.63) is 101 Å². The van der Waals surface area contributed by atoms with Gasteiger partial charge in [-0.25, -0.2) is 0 Å². The fraction of sp³-hybridized carbons (Fsp3) is 0.628. The minimum atomic E-state index is 1.03. The molecule has 0 aromatic heterocycles. The van der Waals surface area contributed by atoms with Crippen LogP contribution in [0, 0.1) is 0 Å². The maximum absolute atomic E-state index is 4.27. The van der Waals surface area contributed by atoms with Gasteiger partial charge in [0.25, 0.3) is 0 Å². The first-order valence-corrected chi connectivity index (χ1v) is 50.5. The molecule has 13 aromatic rings. The third-order valence-electron chi connectivity index (χ3n) is 28.6. The smallest absolute Gasteiger partial charge is 0.0353 e. The Bertz CT molecular complexity index is 3870. The monoisotopic (exact) mass is 1530 g/mol. The minimum absolute atomic E-state index is 1.03. The first kappa shape index (κ1) is 86.2. The maximum Gasteiger partial charge on any atom is 0.0353 e. The molecule has 0 saturated carbocycles. The molecule has 13 rings (SSSR count). The number of aryl methyl sites for hydroxylation is 5. The van der Waals surface area contributed by atoms with Gasteiger partial charge in [-0.3, -0.25) is 0 Å². The SMILES string of the molecule is CCCCCCCCCCCCc1cc2c3cc(CCCCCCCCCCCC)cc4c5cc(CCCCCCCCCCCC)cc6c7cc(NCCCCCCCCCCC)cc8c9cc(CCCCCCCCCCCC)cc%10c%11cc(CCCCCCCCCCCC)cc%12c(c1)c2c1c(c34)c(c56)c(c78)c(c%109)c1c%12%11. The zero-order chi connectivity index (χ0) is 78.5. The number of fused-ring (bicyclic) bond motifs is 6. The molecule has 0 unspecified atom stereocenters. The van der Waals surface area contributed by atoms with Gasteiger partial charge in [0, 0.05) is 12.2 Å². The van der Waals surface area contributed by atoms with Crippen LogP contribution in [-0.2, 0) is 32.1 Å². The third-order valence-corrected chi connectivity index (χ3v) is 28.6. The first-order valence-electron chi connectivity index (χ1n) is 50.5. The first-order chi connectivity index (χ1) is 56.5. The van der Waals surface area contributed by atoms with Crippen LogP contribution in [0.15, 0.2) is 72.8 Å². The number of hydrogen-bond acceptors (Lipinski definition) is 1. The zero-order valence-corrected chi connectivity index (χ0v) is 74.4. The predicted molar refractivity (Wildman–Crippen MR) is 517 cm³/mol. The molecule has 0 saturated heterocycles. The van der Waals surface area contributed by atoms with Crippen molar-refractivity contribution in [1.29, 1.82) is 0 Å². The van der Waals surface area contributed by atoms with Gasteiger partial charge >= 0.3 is 0 Å². The molecule has 1 heteroatoms. The normalized spacial score (nSPS) is 12.6. The number of unbranched alkanes of at least 4 members (excludes halogenated alkanes) is 53. The van der Waals surface area contributed by atoms with E-state index in [4.69, 9.17) is 0 Å². The van der Waals surface area contributed by atoms with E-state index in [1.54, 1.807) is 136 Å². The topological polar surface area (TPSA) is 12.0 Å². The van der Waals surface area contributed by atoms with E-state index in [0.29, 0.717) is 0 Å². The summed E-state index contributed by atoms with van der Waals surface area (Å²) >= 11 is 0. The summed E-state index contributed by atoms with van der Waals surface area (Å²) in [6.07, 6.45) is 86.6. The molecule has 0 fully saturated rings. The van der Waals surface area contributed by atoms with E-state index in [1.165, 1.54) is 406 Å². The fourth-order valence-corrected chi connectivity index (χ4v) is 22.1. The van der Waals surface area contributed by atoms with E-state index in [-0.39, 0.29) is 0 Å². The molecule has 0 radical (unpaired) electrons. The van der Waals surface area contributed by atoms with Crippen molar-refractivity contribution in [2.45, 2.75) is 452 Å². The lowest BCUT2D eigenvalue weighted by atomic mass is 9.72. The van der Waals surface area contributed by atoms with Crippen molar-refractivity contribution in [2.24, 2.45) is 0 Å². The van der Waals surface area contributed by atoms with Crippen molar-refractivity contribution in [3.63, 3.8) is 0 Å². The summed E-state index contributed by atoms with van der Waals surface area (Å²) in [5, 5.41) is 41.6. The van der Waals surface area contributed by atoms with Gasteiger partial charge in [0.2, 0.25) is 0 Å². The Morgan fingerprint density at radius 2 is 0.272 bits per heavy atom. The van der Waals surface area contributed by atoms with Crippen LogP contribution in [0.5, 0.6) is 0 Å². The highest BCUT2D eigenvalue weighted by atomic mass is 14.9. The molecule has 0 heterocycles. The van der Waals surface area contributed by atoms with E-state index in [0.717, 1.165) is 38.6 Å². The van der Waals surface area contributed by atoms with Crippen LogP contribution in [-0.4, -0.2) is 6.54 Å². The van der Waals surface area contributed by atoms with Crippen LogP contribution in [0.2, 0.25) is 0 Å². The van der Waals surface area contributed by atoms with Gasteiger partial charge in [-0.05, 0) is 240 Å². The van der Waals surface area contributed by atoms with E-state index >= 15 is 0 Å². The second-order valence-corrected chi connectivity index (χ2v) is 37.9. The average molecular weight is 1530 g/mol. The molecule has 1 nitrogen and oxygen atoms in total. The number of anilines is 1. The lowest BCUT2D eigenvalue weighted by molar-refractivity contribution is 0.556. The van der Waals surface area contributed by atoms with Crippen LogP contribution in [0.3, 0.4) is 0 Å². The summed E-state index contributed by atoms with van der Waals surface area (Å²) in [5.41, 5.74) is 9.18. The molecule has 0 atom stereocenters. The molecule has 0 amide bonds. The van der Waals surface area contributed by atoms with E-state index in [1.807, 2.05) is 0 Å². The number of nitrogens with one attached hydrogen (secondary N) is 1. The fourth-order valence-electron chi connectivity index (χ4n) is 22.1. The molecule has 0 bridgehead atoms. The third kappa shape index (κ3) is 21.5. The van der Waals surface area contributed by atoms with Gasteiger partial charge < -0.3 is 5.32 Å². The van der Waals surface area contributed by atoms with E-state index in [2.05, 4.69) is 120 Å². The van der Waals surface area contributed by atoms with Gasteiger partial charge in [0.05, 0.1) is 0 Å². The second kappa shape index (κ2) is 46.1. The summed E-state index contributed by atoms with van der Waals surface area (Å²) < 4.78 is 0. The molecule has 1 N–H and O–H groups in total. The predicted octanol–water partition coefficient (Wildman–Crippen LogP) is 38.4. The lowest BCUT2D eigenvalue weighted by Crippen LogP contribution is -2.04. The molecule has 0 aliphatic heterocycles. The number of benzene rings is 13. The Hall–Kier alpha value is -5.66. The number of hydrogen-bond donors (Lipinski definition) is 1. The average Bonchev–Trinajstić information content (AvgIpc) is 0.642. The Morgan fingerprint density at radius 1 is 0.140 bits per heavy atom. The van der Waals surface area contributed by atoms with Crippen LogP contribution in [0.4, 0.5) is 5.69 Å². The Morgan fingerprint density at radius 3 is 0.430 bits per heavy atom. The summed E-state index contributed by atoms with van der Waals surface area (Å²) in [6, 6.07) is 33.5. The second-order valence-electron chi connectivity index (χ2n) is 37.9. The van der Waals surface area contributed by atoms with Crippen LogP contribution in [0.25, 0.3) is 129 Å². The molecular weight excluding hydrogens is 1370 g/mol. The molecule has 114 heavy (non-hydrogen) atoms. The Balaban J connectivity index is 1.01. The van der Waals surface area contributed by atoms with Crippen LogP contribution < -0.4 is 5.32 Å². The quantitative estimate of drug-likeness (QED) is 0.0228. The Kier molecular flexibility index (Phi) is 34.8. The highest BCUT2D eigenvalue weighted by molar-refractivity contribution is 6.61. The van der Waals surface area contributed by atoms with E-state index in [9.17, 15) is 0 Å². The minimum Gasteiger partial charge on any atom is -0.385 e. The zero-order valence-electron chi connectivity index (χ0n) is 74.4. The standard InChI is InChI=1S/C113H161N/c1-7-13-19-25-31-37-42-48-54-60-66-84-72-90-92-74-85(67-61-55-49-43-38-32-26-20-14-8-2)76-94-96-78-87(69-63-57-51-45-40-34-28-22-16-10-4)80-98-100-82-89(114-71-65-59-53-47-36-30-24-18-12-6)83-101-99-81-88(70-64-58-52-46-41-35-29-23-17-11-5)79-97-95-77-86(68-62-56-50-44-39-33-27-21-15-9-3)75-93-91(73-84)102(90)108-109(103(92)94)111(105(96)98)113(107(100)101)112(106(97)99)110(108)104(93)95/h72-83,114H,7-71H2,1-6H3. The van der Waals surface area contributed by atoms with Crippen LogP contribution >= 0.6 is 0 Å². The van der Waals surface area contributed by atoms with Crippen molar-refractivity contribution >= 4 is 135 Å². The largest absolute Gasteiger partial charge is 0.385 e. The summed E-state index contributed by atoms with van der Waals surface area (Å²) in [7, 11) is 0. The summed E-state index contributed by atoms with van der Waals surface area (Å²) in [4.78, 5) is 0. The van der Waals surface area contributed by atoms with Crippen molar-refractivity contribution in [1.82, 2.24) is 0 Å². The lowest BCUT2D eigenvalue weighted by Gasteiger charge is -2.30. The summed E-state index contributed by atoms with van der Waals surface area (Å²) in [6.45, 7) is 15.1. The highest BCUT2D eigenvalue weighted by Gasteiger charge is 2.33. The highest BCUT2D eigenvalue weighted by Crippen LogP contribution is 2.61. The van der Waals surface area contributed by atoms with Gasteiger partial charge in [-0.2, -0.15) is 0 Å². The van der Waals surface area contributed by atoms with Crippen molar-refractivity contribution in [3.8, 4) is 0 Å². The summed E-state index contributed by atoms with van der Waals surface area (Å²) in [5.74, 6) is 0. The number of rotatable bonds is 66. The van der Waals surface area contributed by atoms with Gasteiger partial charge in [-0.15, -0.1) is 0 Å². The van der Waals surface area contributed by atoms with Crippen molar-refractivity contribution < 1.29 is 0 Å². The van der Waals surface area contributed by atoms with Crippen LogP contribution in [0.1, 0.15) is 448 Å². The maximum atomic E-state index is 4.27. The molecular formula is C113H161N. The van der Waals surface area contributed by atoms with Gasteiger partial charge in [-0.1, -0.05) is 443 Å². The molecule has 0 aliphatic rings. The van der Waals surface area contributed by atoms with Crippen molar-refractivity contribution in [2.75, 3.05) is 11.9 Å². The molecule has 0 spiro atoms. The molecule has 0 aliphatic carbocycles. The molecule has 618 valence electrons. The van der Waals surface area contributed by atoms with Gasteiger partial charge in [0.15, 0.2) is 0 Å².